The van der Waals surface area contributed by atoms with E-state index in [0.29, 0.717) is 26.2 Å². The summed E-state index contributed by atoms with van der Waals surface area (Å²) in [5.74, 6) is -1.75. The van der Waals surface area contributed by atoms with Crippen LogP contribution in [0.15, 0.2) is 37.1 Å². The highest BCUT2D eigenvalue weighted by molar-refractivity contribution is 5.92. The molecule has 1 amide bonds. The summed E-state index contributed by atoms with van der Waals surface area (Å²) in [7, 11) is 0. The van der Waals surface area contributed by atoms with E-state index in [4.69, 9.17) is 0 Å². The Hall–Kier alpha value is -3.91. The molecule has 2 aliphatic rings. The first kappa shape index (κ1) is 28.2. The Labute approximate surface area is 240 Å². The number of aromatic amines is 1. The van der Waals surface area contributed by atoms with Gasteiger partial charge in [-0.2, -0.15) is 18.3 Å². The average molecular weight is 582 g/mol. The molecule has 0 unspecified atom stereocenters. The Bertz CT molecular complexity index is 1550. The van der Waals surface area contributed by atoms with Crippen LogP contribution in [0.1, 0.15) is 48.7 Å². The molecule has 2 saturated heterocycles. The maximum absolute atomic E-state index is 13.5. The van der Waals surface area contributed by atoms with Crippen LogP contribution in [0.25, 0.3) is 22.3 Å². The van der Waals surface area contributed by atoms with Crippen molar-refractivity contribution in [1.29, 1.82) is 0 Å². The number of likely N-dealkylation sites (tertiary alicyclic amines) is 2. The summed E-state index contributed by atoms with van der Waals surface area (Å²) in [6, 6.07) is 4.80. The van der Waals surface area contributed by atoms with Crippen molar-refractivity contribution in [1.82, 2.24) is 49.4 Å². The van der Waals surface area contributed by atoms with Crippen LogP contribution in [-0.4, -0.2) is 101 Å². The highest BCUT2D eigenvalue weighted by Gasteiger charge is 2.39. The molecule has 6 rings (SSSR count). The van der Waals surface area contributed by atoms with E-state index in [1.807, 2.05) is 41.9 Å². The first-order valence-electron chi connectivity index (χ1n) is 14.1. The number of fused-ring (bicyclic) bond motifs is 1. The zero-order chi connectivity index (χ0) is 29.4. The van der Waals surface area contributed by atoms with E-state index in [2.05, 4.69) is 34.9 Å². The summed E-state index contributed by atoms with van der Waals surface area (Å²) < 4.78 is 42.5. The van der Waals surface area contributed by atoms with Gasteiger partial charge in [-0.3, -0.25) is 19.3 Å². The second-order valence-electron chi connectivity index (χ2n) is 10.7. The van der Waals surface area contributed by atoms with Gasteiger partial charge in [0.25, 0.3) is 5.91 Å². The lowest BCUT2D eigenvalue weighted by atomic mass is 9.97. The van der Waals surface area contributed by atoms with Gasteiger partial charge in [0, 0.05) is 62.1 Å². The standard InChI is InChI=1S/C28H32F3N10O/c1-3-38(4-2)14-19-11-23(37-27(36-19)28(29,30)31)26(42)39-9-6-20(7-10-39)40-15-21(16-40)41-13-18(12-35-41)24-22-5-8-32-25(22)34-17-33-24/h5,8,11-13,17,20H,3-4,6-7,9-10,14-16H2,1-2H3,(H,32,33,34). The first-order chi connectivity index (χ1) is 20.2. The Morgan fingerprint density at radius 2 is 1.88 bits per heavy atom. The molecule has 1 N–H and O–H groups in total. The molecule has 221 valence electrons. The number of H-pyrrole nitrogens is 1. The van der Waals surface area contributed by atoms with Crippen LogP contribution in [-0.2, 0) is 12.7 Å². The summed E-state index contributed by atoms with van der Waals surface area (Å²) in [6.07, 6.45) is 3.90. The Kier molecular flexibility index (Phi) is 7.66. The topological polar surface area (TPSA) is 112 Å². The van der Waals surface area contributed by atoms with Gasteiger partial charge in [-0.15, -0.1) is 0 Å². The molecular weight excluding hydrogens is 549 g/mol. The number of hydrogen-bond acceptors (Lipinski definition) is 8. The number of nitrogens with one attached hydrogen (secondary N) is 1. The maximum Gasteiger partial charge on any atom is 0.451 e. The third-order valence-electron chi connectivity index (χ3n) is 8.11. The minimum atomic E-state index is -4.73. The predicted molar refractivity (Wildman–Crippen MR) is 148 cm³/mol. The van der Waals surface area contributed by atoms with Gasteiger partial charge in [0.1, 0.15) is 23.7 Å². The molecular formula is C28H32F3N10O. The van der Waals surface area contributed by atoms with Crippen LogP contribution in [0.4, 0.5) is 13.2 Å². The lowest BCUT2D eigenvalue weighted by Gasteiger charge is -2.46. The molecule has 6 heterocycles. The third kappa shape index (κ3) is 5.60. The molecule has 0 aromatic carbocycles. The summed E-state index contributed by atoms with van der Waals surface area (Å²) in [5, 5.41) is 5.49. The number of rotatable bonds is 8. The number of hydrogen-bond donors (Lipinski definition) is 1. The fraction of sp³-hybridized carbons (Fsp3) is 0.464. The number of carbonyl (C=O) groups excluding carboxylic acids is 1. The lowest BCUT2D eigenvalue weighted by molar-refractivity contribution is -0.145. The number of amides is 1. The van der Waals surface area contributed by atoms with E-state index >= 15 is 0 Å². The summed E-state index contributed by atoms with van der Waals surface area (Å²) in [6.45, 7) is 7.84. The monoisotopic (exact) mass is 581 g/mol. The molecule has 0 atom stereocenters. The molecule has 1 radical (unpaired) electrons. The molecule has 0 spiro atoms. The van der Waals surface area contributed by atoms with Gasteiger partial charge in [0.05, 0.1) is 17.6 Å². The van der Waals surface area contributed by atoms with E-state index in [-0.39, 0.29) is 24.0 Å². The van der Waals surface area contributed by atoms with Crippen molar-refractivity contribution < 1.29 is 18.0 Å². The molecule has 4 aromatic rings. The number of aromatic nitrogens is 7. The molecule has 4 aromatic heterocycles. The first-order valence-corrected chi connectivity index (χ1v) is 14.1. The van der Waals surface area contributed by atoms with Gasteiger partial charge in [-0.25, -0.2) is 19.9 Å². The van der Waals surface area contributed by atoms with Gasteiger partial charge >= 0.3 is 6.18 Å². The Morgan fingerprint density at radius 3 is 2.60 bits per heavy atom. The number of nitrogens with zero attached hydrogens (tertiary/aromatic N) is 9. The van der Waals surface area contributed by atoms with Gasteiger partial charge in [-0.1, -0.05) is 13.8 Å². The summed E-state index contributed by atoms with van der Waals surface area (Å²) in [4.78, 5) is 38.3. The van der Waals surface area contributed by atoms with Gasteiger partial charge < -0.3 is 9.88 Å². The third-order valence-corrected chi connectivity index (χ3v) is 8.11. The number of alkyl halides is 3. The van der Waals surface area contributed by atoms with Crippen molar-refractivity contribution >= 4 is 16.9 Å². The van der Waals surface area contributed by atoms with Gasteiger partial charge in [0.2, 0.25) is 5.82 Å². The molecule has 2 aliphatic heterocycles. The predicted octanol–water partition coefficient (Wildman–Crippen LogP) is 3.47. The van der Waals surface area contributed by atoms with E-state index in [1.165, 1.54) is 18.4 Å². The molecule has 2 fully saturated rings. The molecule has 11 nitrogen and oxygen atoms in total. The van der Waals surface area contributed by atoms with Crippen LogP contribution < -0.4 is 0 Å². The molecule has 14 heteroatoms. The van der Waals surface area contributed by atoms with Gasteiger partial charge in [-0.05, 0) is 38.1 Å². The van der Waals surface area contributed by atoms with Crippen molar-refractivity contribution in [2.75, 3.05) is 39.3 Å². The molecule has 0 bridgehead atoms. The Balaban J connectivity index is 1.06. The van der Waals surface area contributed by atoms with Crippen LogP contribution in [0.3, 0.4) is 0 Å². The highest BCUT2D eigenvalue weighted by Crippen LogP contribution is 2.31. The van der Waals surface area contributed by atoms with Crippen molar-refractivity contribution in [3.63, 3.8) is 0 Å². The van der Waals surface area contributed by atoms with E-state index < -0.39 is 17.9 Å². The number of carbonyl (C=O) groups is 1. The summed E-state index contributed by atoms with van der Waals surface area (Å²) >= 11 is 0. The second kappa shape index (κ2) is 11.4. The van der Waals surface area contributed by atoms with E-state index in [0.717, 1.165) is 48.2 Å². The quantitative estimate of drug-likeness (QED) is 0.337. The van der Waals surface area contributed by atoms with Crippen LogP contribution in [0, 0.1) is 6.04 Å². The van der Waals surface area contributed by atoms with Crippen LogP contribution in [0.5, 0.6) is 0 Å². The molecule has 0 aliphatic carbocycles. The maximum atomic E-state index is 13.5. The van der Waals surface area contributed by atoms with E-state index in [1.54, 1.807) is 11.1 Å². The molecule has 0 saturated carbocycles. The van der Waals surface area contributed by atoms with Crippen LogP contribution >= 0.6 is 0 Å². The normalized spacial score (nSPS) is 17.3. The highest BCUT2D eigenvalue weighted by atomic mass is 19.4. The zero-order valence-electron chi connectivity index (χ0n) is 23.5. The summed E-state index contributed by atoms with van der Waals surface area (Å²) in [5.41, 5.74) is 2.51. The number of piperidine rings is 1. The van der Waals surface area contributed by atoms with Crippen LogP contribution in [0.2, 0.25) is 0 Å². The minimum Gasteiger partial charge on any atom is -0.346 e. The second-order valence-corrected chi connectivity index (χ2v) is 10.7. The molecule has 42 heavy (non-hydrogen) atoms. The number of halogens is 3. The van der Waals surface area contributed by atoms with Gasteiger partial charge in [0.15, 0.2) is 0 Å². The Morgan fingerprint density at radius 1 is 1.12 bits per heavy atom. The van der Waals surface area contributed by atoms with Crippen molar-refractivity contribution in [3.8, 4) is 11.3 Å². The largest absolute Gasteiger partial charge is 0.451 e. The minimum absolute atomic E-state index is 0.196. The smallest absolute Gasteiger partial charge is 0.346 e. The SMILES string of the molecule is CCN(CC)Cc1cc(C(=O)N2CCC(N3C[C](n4cc(-c5ncnc6[nH]ccc56)cn4)C3)CC2)nc(C(F)(F)F)n1. The van der Waals surface area contributed by atoms with Crippen molar-refractivity contribution in [2.45, 2.75) is 45.5 Å². The average Bonchev–Trinajstić information content (AvgIpc) is 3.65. The van der Waals surface area contributed by atoms with E-state index in [9.17, 15) is 18.0 Å². The van der Waals surface area contributed by atoms with Crippen molar-refractivity contribution in [2.24, 2.45) is 0 Å². The zero-order valence-corrected chi connectivity index (χ0v) is 23.5. The fourth-order valence-electron chi connectivity index (χ4n) is 5.63. The fourth-order valence-corrected chi connectivity index (χ4v) is 5.63. The van der Waals surface area contributed by atoms with Crippen molar-refractivity contribution in [3.05, 3.63) is 60.3 Å². The lowest BCUT2D eigenvalue weighted by Crippen LogP contribution is -2.56.